The van der Waals surface area contributed by atoms with E-state index in [0.717, 1.165) is 45.6 Å². The maximum absolute atomic E-state index is 12.2. The lowest BCUT2D eigenvalue weighted by molar-refractivity contribution is -0.119. The Morgan fingerprint density at radius 3 is 2.32 bits per heavy atom. The van der Waals surface area contributed by atoms with Crippen LogP contribution in [-0.2, 0) is 4.79 Å². The van der Waals surface area contributed by atoms with Gasteiger partial charge in [0.05, 0.1) is 0 Å². The van der Waals surface area contributed by atoms with Gasteiger partial charge in [0, 0.05) is 38.6 Å². The normalized spacial score (nSPS) is 24.0. The Balaban J connectivity index is 1.65. The molecule has 6 heteroatoms. The minimum atomic E-state index is -0.237. The molecule has 6 nitrogen and oxygen atoms in total. The Bertz CT molecular complexity index is 392. The third-order valence-electron chi connectivity index (χ3n) is 4.98. The zero-order valence-corrected chi connectivity index (χ0v) is 13.9. The van der Waals surface area contributed by atoms with E-state index in [-0.39, 0.29) is 11.9 Å². The van der Waals surface area contributed by atoms with Gasteiger partial charge in [-0.3, -0.25) is 4.79 Å². The molecule has 3 amide bonds. The van der Waals surface area contributed by atoms with E-state index in [2.05, 4.69) is 24.1 Å². The maximum Gasteiger partial charge on any atom is 0.317 e. The highest BCUT2D eigenvalue weighted by Gasteiger charge is 2.27. The van der Waals surface area contributed by atoms with Crippen LogP contribution in [0, 0.1) is 11.8 Å². The number of carbonyl (C=O) groups is 2. The average molecular weight is 310 g/mol. The molecule has 2 saturated heterocycles. The molecule has 0 aromatic heterocycles. The standard InChI is InChI=1S/C16H30N4O2/c1-12(2)20-8-5-14(11-20)10-18-16(22)19-6-3-13(4-7-19)9-15(17)21/h12-14H,3-11H2,1-2H3,(H2,17,21)(H,18,22)/t14-/m0/s1. The van der Waals surface area contributed by atoms with Crippen molar-refractivity contribution in [3.8, 4) is 0 Å². The van der Waals surface area contributed by atoms with Crippen LogP contribution in [0.1, 0.15) is 39.5 Å². The summed E-state index contributed by atoms with van der Waals surface area (Å²) in [5.41, 5.74) is 5.23. The predicted octanol–water partition coefficient (Wildman–Crippen LogP) is 1.01. The van der Waals surface area contributed by atoms with Crippen molar-refractivity contribution in [1.82, 2.24) is 15.1 Å². The summed E-state index contributed by atoms with van der Waals surface area (Å²) < 4.78 is 0. The number of nitrogens with zero attached hydrogens (tertiary/aromatic N) is 2. The van der Waals surface area contributed by atoms with Crippen LogP contribution in [0.3, 0.4) is 0 Å². The molecule has 126 valence electrons. The summed E-state index contributed by atoms with van der Waals surface area (Å²) in [7, 11) is 0. The zero-order chi connectivity index (χ0) is 16.1. The Labute approximate surface area is 133 Å². The molecule has 2 aliphatic heterocycles. The first-order chi connectivity index (χ1) is 10.5. The van der Waals surface area contributed by atoms with Crippen LogP contribution in [-0.4, -0.2) is 60.5 Å². The van der Waals surface area contributed by atoms with Crippen molar-refractivity contribution in [3.63, 3.8) is 0 Å². The van der Waals surface area contributed by atoms with Crippen molar-refractivity contribution in [2.45, 2.75) is 45.6 Å². The van der Waals surface area contributed by atoms with Crippen LogP contribution in [0.15, 0.2) is 0 Å². The van der Waals surface area contributed by atoms with Gasteiger partial charge in [0.2, 0.25) is 5.91 Å². The number of amides is 3. The van der Waals surface area contributed by atoms with E-state index in [4.69, 9.17) is 5.73 Å². The van der Waals surface area contributed by atoms with E-state index in [1.54, 1.807) is 0 Å². The lowest BCUT2D eigenvalue weighted by Crippen LogP contribution is -2.46. The quantitative estimate of drug-likeness (QED) is 0.795. The molecular weight excluding hydrogens is 280 g/mol. The second-order valence-corrected chi connectivity index (χ2v) is 7.03. The molecule has 3 N–H and O–H groups in total. The minimum Gasteiger partial charge on any atom is -0.370 e. The van der Waals surface area contributed by atoms with E-state index in [1.807, 2.05) is 4.90 Å². The van der Waals surface area contributed by atoms with Crippen molar-refractivity contribution in [1.29, 1.82) is 0 Å². The highest BCUT2D eigenvalue weighted by atomic mass is 16.2. The predicted molar refractivity (Wildman–Crippen MR) is 86.3 cm³/mol. The fourth-order valence-corrected chi connectivity index (χ4v) is 3.47. The van der Waals surface area contributed by atoms with Gasteiger partial charge >= 0.3 is 6.03 Å². The van der Waals surface area contributed by atoms with Gasteiger partial charge in [0.1, 0.15) is 0 Å². The number of likely N-dealkylation sites (tertiary alicyclic amines) is 2. The van der Waals surface area contributed by atoms with E-state index in [1.165, 1.54) is 6.42 Å². The SMILES string of the molecule is CC(C)N1CC[C@@H](CNC(=O)N2CCC(CC(N)=O)CC2)C1. The summed E-state index contributed by atoms with van der Waals surface area (Å²) in [4.78, 5) is 27.5. The summed E-state index contributed by atoms with van der Waals surface area (Å²) in [6.07, 6.45) is 3.36. The molecule has 0 aliphatic carbocycles. The second kappa shape index (κ2) is 7.81. The molecule has 0 radical (unpaired) electrons. The van der Waals surface area contributed by atoms with Crippen LogP contribution in [0.4, 0.5) is 4.79 Å². The van der Waals surface area contributed by atoms with Gasteiger partial charge in [-0.2, -0.15) is 0 Å². The number of piperidine rings is 1. The number of rotatable bonds is 5. The highest BCUT2D eigenvalue weighted by molar-refractivity contribution is 5.75. The molecule has 0 spiro atoms. The van der Waals surface area contributed by atoms with E-state index < -0.39 is 0 Å². The molecule has 2 fully saturated rings. The molecule has 0 unspecified atom stereocenters. The summed E-state index contributed by atoms with van der Waals surface area (Å²) in [5, 5.41) is 3.08. The highest BCUT2D eigenvalue weighted by Crippen LogP contribution is 2.21. The monoisotopic (exact) mass is 310 g/mol. The number of nitrogens with two attached hydrogens (primary N) is 1. The number of hydrogen-bond donors (Lipinski definition) is 2. The summed E-state index contributed by atoms with van der Waals surface area (Å²) >= 11 is 0. The van der Waals surface area contributed by atoms with Gasteiger partial charge in [0.15, 0.2) is 0 Å². The van der Waals surface area contributed by atoms with E-state index >= 15 is 0 Å². The van der Waals surface area contributed by atoms with E-state index in [9.17, 15) is 9.59 Å². The largest absolute Gasteiger partial charge is 0.370 e. The third kappa shape index (κ3) is 4.87. The number of primary amides is 1. The van der Waals surface area contributed by atoms with E-state index in [0.29, 0.717) is 24.3 Å². The number of carbonyl (C=O) groups excluding carboxylic acids is 2. The molecule has 0 aromatic carbocycles. The lowest BCUT2D eigenvalue weighted by atomic mass is 9.93. The van der Waals surface area contributed by atoms with Crippen molar-refractivity contribution < 1.29 is 9.59 Å². The van der Waals surface area contributed by atoms with Crippen molar-refractivity contribution >= 4 is 11.9 Å². The summed E-state index contributed by atoms with van der Waals surface area (Å²) in [5.74, 6) is 0.675. The zero-order valence-electron chi connectivity index (χ0n) is 13.9. The van der Waals surface area contributed by atoms with Gasteiger partial charge in [-0.1, -0.05) is 0 Å². The number of urea groups is 1. The maximum atomic E-state index is 12.2. The Hall–Kier alpha value is -1.30. The minimum absolute atomic E-state index is 0.0421. The molecule has 0 bridgehead atoms. The Kier molecular flexibility index (Phi) is 6.06. The van der Waals surface area contributed by atoms with Gasteiger partial charge < -0.3 is 20.9 Å². The molecule has 22 heavy (non-hydrogen) atoms. The molecule has 2 rings (SSSR count). The van der Waals surface area contributed by atoms with Crippen molar-refractivity contribution in [2.75, 3.05) is 32.7 Å². The van der Waals surface area contributed by atoms with Crippen LogP contribution >= 0.6 is 0 Å². The number of nitrogens with one attached hydrogen (secondary N) is 1. The molecule has 1 atom stereocenters. The first-order valence-electron chi connectivity index (χ1n) is 8.50. The molecule has 0 aromatic rings. The van der Waals surface area contributed by atoms with Gasteiger partial charge in [-0.15, -0.1) is 0 Å². The number of hydrogen-bond acceptors (Lipinski definition) is 3. The summed E-state index contributed by atoms with van der Waals surface area (Å²) in [6, 6.07) is 0.630. The van der Waals surface area contributed by atoms with Crippen LogP contribution in [0.2, 0.25) is 0 Å². The topological polar surface area (TPSA) is 78.7 Å². The molecule has 2 aliphatic rings. The third-order valence-corrected chi connectivity index (χ3v) is 4.98. The summed E-state index contributed by atoms with van der Waals surface area (Å²) in [6.45, 7) is 8.88. The first-order valence-corrected chi connectivity index (χ1v) is 8.50. The molecular formula is C16H30N4O2. The fourth-order valence-electron chi connectivity index (χ4n) is 3.47. The Morgan fingerprint density at radius 1 is 1.14 bits per heavy atom. The molecule has 0 saturated carbocycles. The first kappa shape index (κ1) is 17.1. The lowest BCUT2D eigenvalue weighted by Gasteiger charge is -2.31. The molecule has 2 heterocycles. The van der Waals surface area contributed by atoms with Crippen LogP contribution < -0.4 is 11.1 Å². The van der Waals surface area contributed by atoms with Gasteiger partial charge in [-0.05, 0) is 51.5 Å². The smallest absolute Gasteiger partial charge is 0.317 e. The van der Waals surface area contributed by atoms with Gasteiger partial charge in [0.25, 0.3) is 0 Å². The average Bonchev–Trinajstić information content (AvgIpc) is 2.94. The van der Waals surface area contributed by atoms with Gasteiger partial charge in [-0.25, -0.2) is 4.79 Å². The van der Waals surface area contributed by atoms with Crippen LogP contribution in [0.5, 0.6) is 0 Å². The van der Waals surface area contributed by atoms with Crippen molar-refractivity contribution in [3.05, 3.63) is 0 Å². The fraction of sp³-hybridized carbons (Fsp3) is 0.875. The van der Waals surface area contributed by atoms with Crippen LogP contribution in [0.25, 0.3) is 0 Å². The van der Waals surface area contributed by atoms with Crippen molar-refractivity contribution in [2.24, 2.45) is 17.6 Å². The Morgan fingerprint density at radius 2 is 1.77 bits per heavy atom. The second-order valence-electron chi connectivity index (χ2n) is 7.03.